The number of fused-ring (bicyclic) bond motifs is 4. The maximum absolute atomic E-state index is 13.1. The van der Waals surface area contributed by atoms with Gasteiger partial charge in [0.15, 0.2) is 5.82 Å². The predicted octanol–water partition coefficient (Wildman–Crippen LogP) is 4.38. The predicted molar refractivity (Wildman–Crippen MR) is 204 cm³/mol. The number of carbonyl (C=O) groups is 4. The first kappa shape index (κ1) is 36.6. The first-order chi connectivity index (χ1) is 27.3. The lowest BCUT2D eigenvalue weighted by Crippen LogP contribution is -2.52. The van der Waals surface area contributed by atoms with Gasteiger partial charge in [-0.3, -0.25) is 33.7 Å². The number of piperidine rings is 1. The van der Waals surface area contributed by atoms with E-state index < -0.39 is 11.9 Å². The fourth-order valence-electron chi connectivity index (χ4n) is 7.12. The highest BCUT2D eigenvalue weighted by Gasteiger charge is 2.39. The summed E-state index contributed by atoms with van der Waals surface area (Å²) in [5.74, 6) is 13.1. The maximum atomic E-state index is 13.1. The number of amides is 3. The Balaban J connectivity index is 0.836. The molecule has 8 rings (SSSR count). The van der Waals surface area contributed by atoms with Crippen molar-refractivity contribution in [2.75, 3.05) is 6.61 Å². The molecule has 0 radical (unpaired) electrons. The van der Waals surface area contributed by atoms with Crippen molar-refractivity contribution >= 4 is 35.0 Å². The van der Waals surface area contributed by atoms with E-state index in [1.54, 1.807) is 34.3 Å². The highest BCUT2D eigenvalue weighted by atomic mass is 32.1. The van der Waals surface area contributed by atoms with Gasteiger partial charge in [-0.05, 0) is 55.0 Å². The molecule has 282 valence electrons. The Kier molecular flexibility index (Phi) is 10.6. The van der Waals surface area contributed by atoms with Crippen LogP contribution in [-0.4, -0.2) is 65.8 Å². The summed E-state index contributed by atoms with van der Waals surface area (Å²) in [7, 11) is 0. The molecule has 2 aromatic carbocycles. The second kappa shape index (κ2) is 16.2. The number of esters is 1. The first-order valence-corrected chi connectivity index (χ1v) is 19.3. The van der Waals surface area contributed by atoms with Gasteiger partial charge in [-0.1, -0.05) is 60.1 Å². The van der Waals surface area contributed by atoms with Gasteiger partial charge in [0, 0.05) is 55.2 Å². The number of nitrogens with zero attached hydrogens (tertiary/aromatic N) is 6. The number of thiophene rings is 1. The minimum Gasteiger partial charge on any atom is -0.465 e. The van der Waals surface area contributed by atoms with Gasteiger partial charge in [0.1, 0.15) is 30.1 Å². The summed E-state index contributed by atoms with van der Waals surface area (Å²) >= 11 is 1.62. The summed E-state index contributed by atoms with van der Waals surface area (Å²) in [6, 6.07) is 15.0. The average molecular weight is 768 g/mol. The highest BCUT2D eigenvalue weighted by molar-refractivity contribution is 7.15. The van der Waals surface area contributed by atoms with Crippen LogP contribution in [0.1, 0.15) is 92.4 Å². The second-order valence-electron chi connectivity index (χ2n) is 13.7. The lowest BCUT2D eigenvalue weighted by Gasteiger charge is -2.29. The molecule has 5 aromatic rings. The number of ether oxygens (including phenoxy) is 2. The zero-order chi connectivity index (χ0) is 38.6. The van der Waals surface area contributed by atoms with Crippen LogP contribution in [0.5, 0.6) is 0 Å². The second-order valence-corrected chi connectivity index (χ2v) is 14.7. The molecule has 1 unspecified atom stereocenters. The molecule has 0 saturated carbocycles. The number of aromatic nitrogens is 5. The number of nitrogens with one attached hydrogen (secondary N) is 1. The van der Waals surface area contributed by atoms with Crippen LogP contribution in [0.15, 0.2) is 60.9 Å². The standard InChI is InChI=1S/C42H37N7O6S/c1-27-45-46-37-26-54-25-34-32(21-28-9-3-2-4-10-28)36(56-42(34)49(27)37)17-15-29-22-43-47(23-29)19-8-14-39(51)55-20-6-5-11-30-12-7-13-31-33(30)24-48(41(31)53)35-16-18-38(50)44-40(35)52/h2-4,7,9-10,12-13,22-23,35H,6,8,14,16,18-21,24-26H2,1H3,(H,44,50,52). The molecule has 3 aliphatic rings. The van der Waals surface area contributed by atoms with Crippen LogP contribution in [0.4, 0.5) is 0 Å². The van der Waals surface area contributed by atoms with E-state index in [2.05, 4.69) is 61.0 Å². The van der Waals surface area contributed by atoms with E-state index >= 15 is 0 Å². The summed E-state index contributed by atoms with van der Waals surface area (Å²) in [6.07, 6.45) is 5.94. The van der Waals surface area contributed by atoms with Crippen molar-refractivity contribution in [3.8, 4) is 28.7 Å². The Hall–Kier alpha value is -6.35. The third-order valence-electron chi connectivity index (χ3n) is 9.91. The van der Waals surface area contributed by atoms with Crippen molar-refractivity contribution in [2.45, 2.75) is 77.8 Å². The number of hydrogen-bond acceptors (Lipinski definition) is 10. The maximum Gasteiger partial charge on any atom is 0.305 e. The third kappa shape index (κ3) is 7.75. The van der Waals surface area contributed by atoms with Crippen LogP contribution in [0.2, 0.25) is 0 Å². The number of rotatable bonds is 9. The Labute approximate surface area is 327 Å². The molecule has 1 N–H and O–H groups in total. The lowest BCUT2D eigenvalue weighted by molar-refractivity contribution is -0.143. The molecule has 1 fully saturated rings. The molecule has 13 nitrogen and oxygen atoms in total. The van der Waals surface area contributed by atoms with Gasteiger partial charge in [-0.15, -0.1) is 21.5 Å². The fourth-order valence-corrected chi connectivity index (χ4v) is 8.37. The quantitative estimate of drug-likeness (QED) is 0.0998. The molecule has 1 atom stereocenters. The average Bonchev–Trinajstić information content (AvgIpc) is 3.94. The molecule has 3 amide bonds. The van der Waals surface area contributed by atoms with Crippen LogP contribution in [0.3, 0.4) is 0 Å². The first-order valence-electron chi connectivity index (χ1n) is 18.5. The van der Waals surface area contributed by atoms with Gasteiger partial charge in [0.05, 0.1) is 23.2 Å². The van der Waals surface area contributed by atoms with E-state index in [1.165, 1.54) is 10.5 Å². The van der Waals surface area contributed by atoms with E-state index in [0.717, 1.165) is 50.2 Å². The largest absolute Gasteiger partial charge is 0.465 e. The van der Waals surface area contributed by atoms with Gasteiger partial charge in [-0.25, -0.2) is 0 Å². The molecule has 56 heavy (non-hydrogen) atoms. The summed E-state index contributed by atoms with van der Waals surface area (Å²) < 4.78 is 15.3. The molecule has 0 aliphatic carbocycles. The molecule has 0 spiro atoms. The Morgan fingerprint density at radius 2 is 1.91 bits per heavy atom. The van der Waals surface area contributed by atoms with Crippen molar-refractivity contribution in [3.63, 3.8) is 0 Å². The number of imide groups is 1. The summed E-state index contributed by atoms with van der Waals surface area (Å²) in [5.41, 5.74) is 6.16. The highest BCUT2D eigenvalue weighted by Crippen LogP contribution is 2.37. The van der Waals surface area contributed by atoms with Crippen LogP contribution in [0.25, 0.3) is 5.00 Å². The summed E-state index contributed by atoms with van der Waals surface area (Å²) in [5, 5.41) is 16.4. The zero-order valence-electron chi connectivity index (χ0n) is 30.7. The van der Waals surface area contributed by atoms with Gasteiger partial charge < -0.3 is 14.4 Å². The van der Waals surface area contributed by atoms with Gasteiger partial charge >= 0.3 is 5.97 Å². The number of benzene rings is 2. The van der Waals surface area contributed by atoms with Crippen molar-refractivity contribution in [1.29, 1.82) is 0 Å². The van der Waals surface area contributed by atoms with E-state index in [-0.39, 0.29) is 43.8 Å². The molecule has 14 heteroatoms. The van der Waals surface area contributed by atoms with Gasteiger partial charge in [0.25, 0.3) is 5.91 Å². The number of carbonyl (C=O) groups excluding carboxylic acids is 4. The molecule has 3 aliphatic heterocycles. The van der Waals surface area contributed by atoms with Crippen molar-refractivity contribution < 1.29 is 28.7 Å². The molecule has 0 bridgehead atoms. The van der Waals surface area contributed by atoms with Crippen molar-refractivity contribution in [1.82, 2.24) is 34.8 Å². The molecule has 6 heterocycles. The number of aryl methyl sites for hydroxylation is 2. The van der Waals surface area contributed by atoms with Gasteiger partial charge in [-0.2, -0.15) is 5.10 Å². The van der Waals surface area contributed by atoms with E-state index in [4.69, 9.17) is 9.47 Å². The smallest absolute Gasteiger partial charge is 0.305 e. The molecular formula is C42H37N7O6S. The van der Waals surface area contributed by atoms with E-state index in [0.29, 0.717) is 50.1 Å². The van der Waals surface area contributed by atoms with Crippen LogP contribution in [0, 0.1) is 30.6 Å². The molecular weight excluding hydrogens is 731 g/mol. The number of hydrogen-bond donors (Lipinski definition) is 1. The lowest BCUT2D eigenvalue weighted by atomic mass is 10.0. The SMILES string of the molecule is Cc1nnc2n1-c1sc(C#Cc3cnn(CCCC(=O)OCCC#Cc4cccc5c4CN(C4CCC(=O)NC4=O)C5=O)c3)c(Cc3ccccc3)c1COC2. The minimum atomic E-state index is -0.686. The fraction of sp³-hybridized carbons (Fsp3) is 0.310. The molecule has 3 aromatic heterocycles. The van der Waals surface area contributed by atoms with E-state index in [9.17, 15) is 19.2 Å². The minimum absolute atomic E-state index is 0.145. The normalized spacial score (nSPS) is 15.8. The Bertz CT molecular complexity index is 2480. The Morgan fingerprint density at radius 3 is 2.77 bits per heavy atom. The third-order valence-corrected chi connectivity index (χ3v) is 11.1. The van der Waals surface area contributed by atoms with Crippen molar-refractivity contribution in [3.05, 3.63) is 116 Å². The summed E-state index contributed by atoms with van der Waals surface area (Å²) in [4.78, 5) is 52.0. The topological polar surface area (TPSA) is 151 Å². The zero-order valence-corrected chi connectivity index (χ0v) is 31.5. The van der Waals surface area contributed by atoms with Crippen molar-refractivity contribution in [2.24, 2.45) is 0 Å². The van der Waals surface area contributed by atoms with E-state index in [1.807, 2.05) is 37.4 Å². The Morgan fingerprint density at radius 1 is 1.04 bits per heavy atom. The van der Waals surface area contributed by atoms with Crippen LogP contribution in [-0.2, 0) is 56.6 Å². The molecule has 1 saturated heterocycles. The monoisotopic (exact) mass is 767 g/mol. The summed E-state index contributed by atoms with van der Waals surface area (Å²) in [6.45, 7) is 3.74. The van der Waals surface area contributed by atoms with Crippen LogP contribution < -0.4 is 5.32 Å². The van der Waals surface area contributed by atoms with Crippen LogP contribution >= 0.6 is 11.3 Å². The van der Waals surface area contributed by atoms with Gasteiger partial charge in [0.2, 0.25) is 11.8 Å².